The summed E-state index contributed by atoms with van der Waals surface area (Å²) in [4.78, 5) is 17.8. The summed E-state index contributed by atoms with van der Waals surface area (Å²) in [6, 6.07) is 7.67. The average Bonchev–Trinajstić information content (AvgIpc) is 2.92. The molecule has 0 aliphatic carbocycles. The van der Waals surface area contributed by atoms with Gasteiger partial charge in [0.15, 0.2) is 0 Å². The average molecular weight is 336 g/mol. The second-order valence-corrected chi connectivity index (χ2v) is 6.70. The van der Waals surface area contributed by atoms with Crippen molar-refractivity contribution >= 4 is 29.2 Å². The van der Waals surface area contributed by atoms with E-state index in [1.807, 2.05) is 29.3 Å². The molecule has 1 amide bonds. The van der Waals surface area contributed by atoms with Crippen molar-refractivity contribution in [2.75, 3.05) is 13.1 Å². The van der Waals surface area contributed by atoms with E-state index in [1.165, 1.54) is 0 Å². The van der Waals surface area contributed by atoms with Gasteiger partial charge in [-0.3, -0.25) is 4.79 Å². The van der Waals surface area contributed by atoms with Crippen LogP contribution in [0.15, 0.2) is 30.5 Å². The van der Waals surface area contributed by atoms with Gasteiger partial charge in [0.05, 0.1) is 6.04 Å². The lowest BCUT2D eigenvalue weighted by Gasteiger charge is -2.36. The Bertz CT molecular complexity index is 669. The number of hydrogen-bond donors (Lipinski definition) is 2. The Morgan fingerprint density at radius 3 is 2.83 bits per heavy atom. The number of rotatable bonds is 3. The maximum atomic E-state index is 12.6. The van der Waals surface area contributed by atoms with Crippen LogP contribution in [-0.2, 0) is 11.2 Å². The molecule has 3 rings (SSSR count). The molecular formula is C18H26ClN3O. The summed E-state index contributed by atoms with van der Waals surface area (Å²) in [6.45, 7) is 6.15. The number of halogens is 1. The van der Waals surface area contributed by atoms with E-state index in [1.54, 1.807) is 0 Å². The molecule has 23 heavy (non-hydrogen) atoms. The lowest BCUT2D eigenvalue weighted by molar-refractivity contribution is -0.134. The number of H-pyrrole nitrogens is 1. The van der Waals surface area contributed by atoms with Crippen molar-refractivity contribution in [3.05, 3.63) is 36.0 Å². The largest absolute Gasteiger partial charge is 0.361 e. The van der Waals surface area contributed by atoms with Gasteiger partial charge in [0, 0.05) is 30.2 Å². The molecule has 2 aromatic rings. The molecule has 0 spiro atoms. The third-order valence-electron chi connectivity index (χ3n) is 5.08. The Balaban J connectivity index is 0.00000192. The third-order valence-corrected chi connectivity index (χ3v) is 5.08. The first-order valence-electron chi connectivity index (χ1n) is 8.15. The summed E-state index contributed by atoms with van der Waals surface area (Å²) in [7, 11) is 0. The lowest BCUT2D eigenvalue weighted by Crippen LogP contribution is -2.49. The Morgan fingerprint density at radius 1 is 1.35 bits per heavy atom. The second kappa shape index (κ2) is 7.37. The van der Waals surface area contributed by atoms with Gasteiger partial charge in [-0.2, -0.15) is 0 Å². The number of amides is 1. The van der Waals surface area contributed by atoms with E-state index in [0.29, 0.717) is 18.3 Å². The van der Waals surface area contributed by atoms with Gasteiger partial charge in [0.1, 0.15) is 0 Å². The van der Waals surface area contributed by atoms with Crippen molar-refractivity contribution in [3.63, 3.8) is 0 Å². The standard InChI is InChI=1S/C18H25N3O.ClH/c1-12-7-8-21(11-13(12)2)18(22)16(19)9-14-10-20-17-6-4-3-5-15(14)17;/h3-6,10,12-13,16,20H,7-9,11,19H2,1-2H3;1H/t12?,13?,16-;/m0./s1. The van der Waals surface area contributed by atoms with Crippen molar-refractivity contribution < 1.29 is 4.79 Å². The van der Waals surface area contributed by atoms with Crippen LogP contribution in [-0.4, -0.2) is 34.9 Å². The molecule has 1 aliphatic heterocycles. The zero-order chi connectivity index (χ0) is 15.7. The zero-order valence-corrected chi connectivity index (χ0v) is 14.6. The third kappa shape index (κ3) is 3.70. The minimum Gasteiger partial charge on any atom is -0.361 e. The first-order chi connectivity index (χ1) is 10.6. The molecule has 5 heteroatoms. The van der Waals surface area contributed by atoms with Crippen LogP contribution in [0, 0.1) is 11.8 Å². The molecule has 2 unspecified atom stereocenters. The topological polar surface area (TPSA) is 62.1 Å². The van der Waals surface area contributed by atoms with Gasteiger partial charge in [-0.25, -0.2) is 0 Å². The normalized spacial score (nSPS) is 22.7. The first kappa shape index (κ1) is 17.8. The fourth-order valence-corrected chi connectivity index (χ4v) is 3.32. The summed E-state index contributed by atoms with van der Waals surface area (Å²) in [6.07, 6.45) is 3.63. The van der Waals surface area contributed by atoms with Crippen LogP contribution in [0.2, 0.25) is 0 Å². The molecule has 1 aromatic heterocycles. The molecular weight excluding hydrogens is 310 g/mol. The van der Waals surface area contributed by atoms with Crippen LogP contribution >= 0.6 is 12.4 Å². The van der Waals surface area contributed by atoms with Crippen LogP contribution in [0.4, 0.5) is 0 Å². The van der Waals surface area contributed by atoms with Crippen molar-refractivity contribution in [1.29, 1.82) is 0 Å². The first-order valence-corrected chi connectivity index (χ1v) is 8.15. The van der Waals surface area contributed by atoms with Crippen LogP contribution < -0.4 is 5.73 Å². The maximum absolute atomic E-state index is 12.6. The summed E-state index contributed by atoms with van der Waals surface area (Å²) in [5.41, 5.74) is 8.42. The van der Waals surface area contributed by atoms with Crippen molar-refractivity contribution in [2.45, 2.75) is 32.7 Å². The van der Waals surface area contributed by atoms with Gasteiger partial charge in [0.2, 0.25) is 5.91 Å². The highest BCUT2D eigenvalue weighted by Gasteiger charge is 2.29. The van der Waals surface area contributed by atoms with Crippen molar-refractivity contribution in [3.8, 4) is 0 Å². The summed E-state index contributed by atoms with van der Waals surface area (Å²) >= 11 is 0. The van der Waals surface area contributed by atoms with Crippen molar-refractivity contribution in [1.82, 2.24) is 9.88 Å². The number of nitrogens with one attached hydrogen (secondary N) is 1. The van der Waals surface area contributed by atoms with Crippen LogP contribution in [0.5, 0.6) is 0 Å². The van der Waals surface area contributed by atoms with E-state index in [9.17, 15) is 4.79 Å². The van der Waals surface area contributed by atoms with Crippen LogP contribution in [0.1, 0.15) is 25.8 Å². The van der Waals surface area contributed by atoms with Gasteiger partial charge >= 0.3 is 0 Å². The SMILES string of the molecule is CC1CCN(C(=O)[C@@H](N)Cc2c[nH]c3ccccc23)CC1C.Cl. The zero-order valence-electron chi connectivity index (χ0n) is 13.8. The molecule has 3 N–H and O–H groups in total. The van der Waals surface area contributed by atoms with Crippen LogP contribution in [0.25, 0.3) is 10.9 Å². The molecule has 1 saturated heterocycles. The number of likely N-dealkylation sites (tertiary alicyclic amines) is 1. The highest BCUT2D eigenvalue weighted by molar-refractivity contribution is 5.86. The molecule has 1 fully saturated rings. The molecule has 126 valence electrons. The number of carbonyl (C=O) groups excluding carboxylic acids is 1. The molecule has 0 bridgehead atoms. The molecule has 0 saturated carbocycles. The number of nitrogens with two attached hydrogens (primary N) is 1. The van der Waals surface area contributed by atoms with Crippen molar-refractivity contribution in [2.24, 2.45) is 17.6 Å². The number of nitrogens with zero attached hydrogens (tertiary/aromatic N) is 1. The molecule has 4 nitrogen and oxygen atoms in total. The predicted molar refractivity (Wildman–Crippen MR) is 96.8 cm³/mol. The number of benzene rings is 1. The second-order valence-electron chi connectivity index (χ2n) is 6.70. The van der Waals surface area contributed by atoms with Gasteiger partial charge in [-0.05, 0) is 36.3 Å². The fourth-order valence-electron chi connectivity index (χ4n) is 3.32. The van der Waals surface area contributed by atoms with E-state index >= 15 is 0 Å². The molecule has 3 atom stereocenters. The number of para-hydroxylation sites is 1. The Labute approximate surface area is 143 Å². The van der Waals surface area contributed by atoms with E-state index in [-0.39, 0.29) is 18.3 Å². The van der Waals surface area contributed by atoms with E-state index in [0.717, 1.165) is 36.0 Å². The minimum atomic E-state index is -0.459. The molecule has 0 radical (unpaired) electrons. The summed E-state index contributed by atoms with van der Waals surface area (Å²) in [5.74, 6) is 1.33. The van der Waals surface area contributed by atoms with Gasteiger partial charge in [0.25, 0.3) is 0 Å². The number of hydrogen-bond acceptors (Lipinski definition) is 2. The molecule has 2 heterocycles. The van der Waals surface area contributed by atoms with Gasteiger partial charge < -0.3 is 15.6 Å². The smallest absolute Gasteiger partial charge is 0.239 e. The Hall–Kier alpha value is -1.52. The van der Waals surface area contributed by atoms with E-state index < -0.39 is 6.04 Å². The number of aromatic amines is 1. The summed E-state index contributed by atoms with van der Waals surface area (Å²) < 4.78 is 0. The lowest BCUT2D eigenvalue weighted by atomic mass is 9.88. The minimum absolute atomic E-state index is 0. The van der Waals surface area contributed by atoms with Gasteiger partial charge in [-0.1, -0.05) is 32.0 Å². The molecule has 1 aliphatic rings. The predicted octanol–water partition coefficient (Wildman–Crippen LogP) is 2.96. The van der Waals surface area contributed by atoms with Crippen LogP contribution in [0.3, 0.4) is 0 Å². The Morgan fingerprint density at radius 2 is 2.09 bits per heavy atom. The highest BCUT2D eigenvalue weighted by atomic mass is 35.5. The van der Waals surface area contributed by atoms with Gasteiger partial charge in [-0.15, -0.1) is 12.4 Å². The fraction of sp³-hybridized carbons (Fsp3) is 0.500. The summed E-state index contributed by atoms with van der Waals surface area (Å²) in [5, 5.41) is 1.16. The highest BCUT2D eigenvalue weighted by Crippen LogP contribution is 2.24. The quantitative estimate of drug-likeness (QED) is 0.905. The molecule has 1 aromatic carbocycles. The number of piperidine rings is 1. The van der Waals surface area contributed by atoms with E-state index in [4.69, 9.17) is 5.73 Å². The monoisotopic (exact) mass is 335 g/mol. The maximum Gasteiger partial charge on any atom is 0.239 e. The number of aromatic nitrogens is 1. The Kier molecular flexibility index (Phi) is 5.71. The number of carbonyl (C=O) groups is 1. The number of fused-ring (bicyclic) bond motifs is 1. The van der Waals surface area contributed by atoms with E-state index in [2.05, 4.69) is 24.9 Å².